The molecule has 25 heavy (non-hydrogen) atoms. The van der Waals surface area contributed by atoms with Crippen LogP contribution in [-0.2, 0) is 10.2 Å². The average Bonchev–Trinajstić information content (AvgIpc) is 3.52. The molecular formula is C24H23O. The molecule has 2 aromatic carbocycles. The predicted molar refractivity (Wildman–Crippen MR) is 101 cm³/mol. The lowest BCUT2D eigenvalue weighted by atomic mass is 9.80. The standard InChI is InChI=1S/C24H23O/c1-22(2)23(25-22)15-13-18(14-16-23)21-17-24(21,19-9-5-3-6-10-19)20-11-7-4-8-12-20/h3-16,21H,17H2,1-2H3. The van der Waals surface area contributed by atoms with Crippen molar-refractivity contribution in [2.75, 3.05) is 0 Å². The van der Waals surface area contributed by atoms with Crippen molar-refractivity contribution in [1.29, 1.82) is 0 Å². The molecule has 1 heterocycles. The van der Waals surface area contributed by atoms with Crippen LogP contribution in [0.4, 0.5) is 0 Å². The number of allylic oxidation sites excluding steroid dienone is 2. The first-order valence-corrected chi connectivity index (χ1v) is 9.14. The molecule has 125 valence electrons. The molecule has 1 saturated carbocycles. The van der Waals surface area contributed by atoms with E-state index < -0.39 is 0 Å². The van der Waals surface area contributed by atoms with Gasteiger partial charge < -0.3 is 4.74 Å². The van der Waals surface area contributed by atoms with Crippen LogP contribution in [0, 0.1) is 11.8 Å². The Morgan fingerprint density at radius 1 is 0.800 bits per heavy atom. The lowest BCUT2D eigenvalue weighted by Crippen LogP contribution is -2.20. The van der Waals surface area contributed by atoms with Crippen molar-refractivity contribution in [2.45, 2.75) is 36.9 Å². The van der Waals surface area contributed by atoms with Crippen LogP contribution in [0.2, 0.25) is 0 Å². The highest BCUT2D eigenvalue weighted by atomic mass is 16.6. The van der Waals surface area contributed by atoms with E-state index in [4.69, 9.17) is 4.74 Å². The van der Waals surface area contributed by atoms with Gasteiger partial charge in [-0.15, -0.1) is 0 Å². The fourth-order valence-electron chi connectivity index (χ4n) is 4.59. The summed E-state index contributed by atoms with van der Waals surface area (Å²) in [7, 11) is 0. The molecule has 1 saturated heterocycles. The van der Waals surface area contributed by atoms with Gasteiger partial charge in [0.25, 0.3) is 0 Å². The van der Waals surface area contributed by atoms with E-state index >= 15 is 0 Å². The van der Waals surface area contributed by atoms with E-state index in [1.807, 2.05) is 0 Å². The largest absolute Gasteiger partial charge is 0.354 e. The monoisotopic (exact) mass is 327 g/mol. The van der Waals surface area contributed by atoms with E-state index in [1.54, 1.807) is 0 Å². The van der Waals surface area contributed by atoms with E-state index in [1.165, 1.54) is 23.5 Å². The summed E-state index contributed by atoms with van der Waals surface area (Å²) in [5, 5.41) is 0. The van der Waals surface area contributed by atoms with Gasteiger partial charge in [-0.05, 0) is 49.5 Å². The van der Waals surface area contributed by atoms with Gasteiger partial charge in [0.15, 0.2) is 0 Å². The van der Waals surface area contributed by atoms with Crippen LogP contribution in [0.5, 0.6) is 0 Å². The first-order valence-electron chi connectivity index (χ1n) is 9.14. The number of hydrogen-bond donors (Lipinski definition) is 0. The lowest BCUT2D eigenvalue weighted by Gasteiger charge is -2.23. The predicted octanol–water partition coefficient (Wildman–Crippen LogP) is 5.24. The number of epoxide rings is 1. The summed E-state index contributed by atoms with van der Waals surface area (Å²) in [4.78, 5) is 0. The Hall–Kier alpha value is -2.12. The van der Waals surface area contributed by atoms with Crippen molar-refractivity contribution in [3.05, 3.63) is 102 Å². The molecule has 3 aliphatic rings. The Balaban J connectivity index is 1.49. The van der Waals surface area contributed by atoms with Gasteiger partial charge in [-0.1, -0.05) is 72.8 Å². The summed E-state index contributed by atoms with van der Waals surface area (Å²) in [5.74, 6) is 1.95. The highest BCUT2D eigenvalue weighted by Gasteiger charge is 2.63. The zero-order valence-electron chi connectivity index (χ0n) is 14.8. The smallest absolute Gasteiger partial charge is 0.134 e. The van der Waals surface area contributed by atoms with E-state index in [9.17, 15) is 0 Å². The van der Waals surface area contributed by atoms with E-state index in [-0.39, 0.29) is 16.6 Å². The van der Waals surface area contributed by atoms with Crippen molar-refractivity contribution in [3.8, 4) is 0 Å². The Morgan fingerprint density at radius 3 is 1.72 bits per heavy atom. The molecule has 1 heteroatoms. The van der Waals surface area contributed by atoms with Crippen molar-refractivity contribution in [3.63, 3.8) is 0 Å². The van der Waals surface area contributed by atoms with Crippen LogP contribution in [-0.4, -0.2) is 11.2 Å². The maximum absolute atomic E-state index is 5.92. The molecule has 2 aliphatic carbocycles. The van der Waals surface area contributed by atoms with Gasteiger partial charge in [-0.25, -0.2) is 0 Å². The number of hydrogen-bond acceptors (Lipinski definition) is 1. The molecule has 2 aromatic rings. The summed E-state index contributed by atoms with van der Waals surface area (Å²) in [6, 6.07) is 21.9. The van der Waals surface area contributed by atoms with Crippen LogP contribution in [0.3, 0.4) is 0 Å². The quantitative estimate of drug-likeness (QED) is 0.702. The lowest BCUT2D eigenvalue weighted by molar-refractivity contribution is 0.316. The first kappa shape index (κ1) is 15.2. The van der Waals surface area contributed by atoms with E-state index in [2.05, 4.69) is 98.8 Å². The van der Waals surface area contributed by atoms with Gasteiger partial charge in [-0.3, -0.25) is 0 Å². The van der Waals surface area contributed by atoms with Crippen LogP contribution >= 0.6 is 0 Å². The maximum Gasteiger partial charge on any atom is 0.134 e. The van der Waals surface area contributed by atoms with Crippen LogP contribution in [0.1, 0.15) is 31.4 Å². The van der Waals surface area contributed by atoms with Gasteiger partial charge in [0.05, 0.1) is 0 Å². The molecule has 1 atom stereocenters. The number of rotatable bonds is 3. The minimum absolute atomic E-state index is 0.0645. The second-order valence-electron chi connectivity index (χ2n) is 8.03. The fourth-order valence-corrected chi connectivity index (χ4v) is 4.59. The van der Waals surface area contributed by atoms with Gasteiger partial charge in [-0.2, -0.15) is 0 Å². The Labute approximate surface area is 150 Å². The Bertz CT molecular complexity index is 791. The van der Waals surface area contributed by atoms with Gasteiger partial charge in [0.1, 0.15) is 11.2 Å². The van der Waals surface area contributed by atoms with Crippen LogP contribution in [0.15, 0.2) is 85.0 Å². The van der Waals surface area contributed by atoms with Crippen molar-refractivity contribution < 1.29 is 4.74 Å². The fraction of sp³-hybridized carbons (Fsp3) is 0.292. The maximum atomic E-state index is 5.92. The Morgan fingerprint density at radius 2 is 1.28 bits per heavy atom. The summed E-state index contributed by atoms with van der Waals surface area (Å²) >= 11 is 0. The van der Waals surface area contributed by atoms with Crippen molar-refractivity contribution in [1.82, 2.24) is 0 Å². The summed E-state index contributed by atoms with van der Waals surface area (Å²) in [6.45, 7) is 4.31. The SMILES string of the molecule is CC1(C)OC12C=C[C](C1CC1(c1ccccc1)c1ccccc1)C=C2. The third-order valence-electron chi connectivity index (χ3n) is 6.31. The topological polar surface area (TPSA) is 12.5 Å². The molecule has 5 rings (SSSR count). The van der Waals surface area contributed by atoms with Gasteiger partial charge in [0.2, 0.25) is 0 Å². The minimum atomic E-state index is -0.173. The molecule has 2 fully saturated rings. The second kappa shape index (κ2) is 4.95. The molecular weight excluding hydrogens is 304 g/mol. The van der Waals surface area contributed by atoms with E-state index in [0.29, 0.717) is 5.92 Å². The second-order valence-corrected chi connectivity index (χ2v) is 8.03. The van der Waals surface area contributed by atoms with Crippen LogP contribution < -0.4 is 0 Å². The highest BCUT2D eigenvalue weighted by Crippen LogP contribution is 2.64. The minimum Gasteiger partial charge on any atom is -0.354 e. The highest BCUT2D eigenvalue weighted by molar-refractivity contribution is 5.55. The van der Waals surface area contributed by atoms with Crippen molar-refractivity contribution >= 4 is 0 Å². The summed E-state index contributed by atoms with van der Waals surface area (Å²) in [5.41, 5.74) is 2.71. The van der Waals surface area contributed by atoms with Crippen molar-refractivity contribution in [2.24, 2.45) is 5.92 Å². The third-order valence-corrected chi connectivity index (χ3v) is 6.31. The molecule has 0 amide bonds. The number of ether oxygens (including phenoxy) is 1. The molecule has 1 unspecified atom stereocenters. The average molecular weight is 327 g/mol. The Kier molecular flexibility index (Phi) is 3.00. The summed E-state index contributed by atoms with van der Waals surface area (Å²) in [6.07, 6.45) is 10.3. The molecule has 1 nitrogen and oxygen atoms in total. The van der Waals surface area contributed by atoms with E-state index in [0.717, 1.165) is 0 Å². The first-order chi connectivity index (χ1) is 12.1. The third kappa shape index (κ3) is 2.12. The normalized spacial score (nSPS) is 27.4. The van der Waals surface area contributed by atoms with Crippen LogP contribution in [0.25, 0.3) is 0 Å². The van der Waals surface area contributed by atoms with Gasteiger partial charge in [0, 0.05) is 11.3 Å². The van der Waals surface area contributed by atoms with Gasteiger partial charge >= 0.3 is 0 Å². The molecule has 0 N–H and O–H groups in total. The zero-order chi connectivity index (χ0) is 17.1. The zero-order valence-corrected chi connectivity index (χ0v) is 14.8. The number of benzene rings is 2. The molecule has 1 spiro atoms. The molecule has 0 bridgehead atoms. The molecule has 1 radical (unpaired) electrons. The molecule has 1 aliphatic heterocycles. The summed E-state index contributed by atoms with van der Waals surface area (Å²) < 4.78 is 5.92. The molecule has 0 aromatic heterocycles.